The Kier molecular flexibility index (Phi) is 6.63. The molecule has 0 saturated carbocycles. The lowest BCUT2D eigenvalue weighted by Crippen LogP contribution is -2.09. The van der Waals surface area contributed by atoms with Gasteiger partial charge in [-0.2, -0.15) is 5.26 Å². The zero-order chi connectivity index (χ0) is 58.3. The number of nitrogens with zero attached hydrogens (tertiary/aromatic N) is 4. The van der Waals surface area contributed by atoms with Crippen LogP contribution in [0.25, 0.3) is 155 Å². The van der Waals surface area contributed by atoms with E-state index in [0.717, 1.165) is 35.0 Å². The molecule has 4 aromatic heterocycles. The molecule has 16 rings (SSSR count). The van der Waals surface area contributed by atoms with Crippen molar-refractivity contribution in [1.29, 1.82) is 5.26 Å². The number of nitriles is 1. The highest BCUT2D eigenvalue weighted by Gasteiger charge is 2.34. The second-order valence-electron chi connectivity index (χ2n) is 18.3. The Labute approximate surface area is 447 Å². The van der Waals surface area contributed by atoms with E-state index in [1.165, 1.54) is 11.3 Å². The van der Waals surface area contributed by atoms with Gasteiger partial charge in [-0.05, 0) is 74.1 Å². The number of hydrogen-bond acceptors (Lipinski definition) is 3. The lowest BCUT2D eigenvalue weighted by atomic mass is 9.88. The van der Waals surface area contributed by atoms with Gasteiger partial charge in [-0.1, -0.05) is 188 Å². The molecule has 0 fully saturated rings. The molecule has 4 nitrogen and oxygen atoms in total. The van der Waals surface area contributed by atoms with E-state index < -0.39 is 42.3 Å². The molecule has 16 aromatic rings. The van der Waals surface area contributed by atoms with Crippen LogP contribution in [0.15, 0.2) is 218 Å². The molecule has 0 spiro atoms. The molecule has 12 aromatic carbocycles. The van der Waals surface area contributed by atoms with Gasteiger partial charge in [0.1, 0.15) is 6.07 Å². The number of thiophene rings is 2. The summed E-state index contributed by atoms with van der Waals surface area (Å²) in [4.78, 5) is 4.44. The smallest absolute Gasteiger partial charge is 0.220 e. The summed E-state index contributed by atoms with van der Waals surface area (Å²) in [5, 5.41) is 19.3. The fraction of sp³-hybridized carbons (Fsp3) is 0. The van der Waals surface area contributed by atoms with Crippen LogP contribution in [0, 0.1) is 17.9 Å². The molecule has 0 N–H and O–H groups in total. The average Bonchev–Trinajstić information content (AvgIpc) is 1.58. The number of fused-ring (bicyclic) bond motifs is 14. The Morgan fingerprint density at radius 1 is 0.446 bits per heavy atom. The predicted molar refractivity (Wildman–Crippen MR) is 314 cm³/mol. The third-order valence-corrected chi connectivity index (χ3v) is 17.1. The molecular weight excluding hydrogens is 937 g/mol. The summed E-state index contributed by atoms with van der Waals surface area (Å²) in [5.41, 5.74) is 3.51. The summed E-state index contributed by atoms with van der Waals surface area (Å²) in [6.45, 7) is 9.54. The quantitative estimate of drug-likeness (QED) is 0.125. The van der Waals surface area contributed by atoms with Gasteiger partial charge in [0.05, 0.1) is 70.1 Å². The Balaban J connectivity index is 1.27. The van der Waals surface area contributed by atoms with Crippen molar-refractivity contribution in [3.8, 4) is 50.8 Å². The van der Waals surface area contributed by atoms with Crippen LogP contribution in [0.5, 0.6) is 0 Å². The molecule has 0 bridgehead atoms. The molecule has 0 aliphatic heterocycles. The summed E-state index contributed by atoms with van der Waals surface area (Å²) in [7, 11) is 0. The molecule has 0 atom stereocenters. The van der Waals surface area contributed by atoms with Crippen LogP contribution in [0.4, 0.5) is 5.69 Å². The van der Waals surface area contributed by atoms with E-state index in [9.17, 15) is 22.8 Å². The molecule has 0 aliphatic carbocycles. The van der Waals surface area contributed by atoms with E-state index in [-0.39, 0.29) is 69.0 Å². The van der Waals surface area contributed by atoms with Crippen molar-refractivity contribution in [3.63, 3.8) is 0 Å². The van der Waals surface area contributed by atoms with E-state index in [1.807, 2.05) is 121 Å². The van der Waals surface area contributed by atoms with Crippen molar-refractivity contribution >= 4 is 134 Å². The van der Waals surface area contributed by atoms with Crippen LogP contribution in [0.3, 0.4) is 0 Å². The van der Waals surface area contributed by atoms with E-state index in [4.69, 9.17) is 4.11 Å². The van der Waals surface area contributed by atoms with Crippen LogP contribution in [0.2, 0.25) is 0 Å². The summed E-state index contributed by atoms with van der Waals surface area (Å²) < 4.78 is 112. The number of rotatable bonds is 5. The summed E-state index contributed by atoms with van der Waals surface area (Å²) in [5.74, 6) is 0. The average molecular weight is 984 g/mol. The van der Waals surface area contributed by atoms with Gasteiger partial charge in [-0.25, -0.2) is 4.85 Å². The van der Waals surface area contributed by atoms with Crippen molar-refractivity contribution in [2.75, 3.05) is 0 Å². The zero-order valence-corrected chi connectivity index (χ0v) is 40.2. The van der Waals surface area contributed by atoms with E-state index in [1.54, 1.807) is 40.2 Å². The first-order valence-electron chi connectivity index (χ1n) is 29.4. The van der Waals surface area contributed by atoms with E-state index in [2.05, 4.69) is 21.5 Å². The summed E-state index contributed by atoms with van der Waals surface area (Å²) in [6.07, 6.45) is 0. The Bertz CT molecular complexity index is 5700. The standard InChI is InChI=1S/C68H36N4S2/c1-70-62-57(40-21-7-3-8-22-40)52(38-69)63(58(41-23-9-4-10-24-41)65(62)71-53-31-17-29-46-42-25-11-12-26-43(42)47-30-18-32-54(71)61(47)60(46)53)72-64-49(36-35-48-44-27-13-15-33-55(44)73-67(48)64)59-50(39-19-5-2-6-20-39)37-51-45-28-14-16-34-56(45)74-68(51)66(59)72/h2-37H/i2D,5D,6D,17D,18D,19D,20D,29D,30D,31D,32D. The highest BCUT2D eigenvalue weighted by Crippen LogP contribution is 2.56. The number of benzene rings is 12. The highest BCUT2D eigenvalue weighted by atomic mass is 32.1. The van der Waals surface area contributed by atoms with Gasteiger partial charge >= 0.3 is 0 Å². The zero-order valence-electron chi connectivity index (χ0n) is 49.5. The minimum absolute atomic E-state index is 0.0178. The molecule has 74 heavy (non-hydrogen) atoms. The topological polar surface area (TPSA) is 38.0 Å². The fourth-order valence-corrected chi connectivity index (χ4v) is 14.3. The highest BCUT2D eigenvalue weighted by molar-refractivity contribution is 7.27. The molecule has 0 radical (unpaired) electrons. The first-order chi connectivity index (χ1) is 41.3. The van der Waals surface area contributed by atoms with Crippen LogP contribution in [0.1, 0.15) is 20.6 Å². The first kappa shape index (κ1) is 31.7. The predicted octanol–water partition coefficient (Wildman–Crippen LogP) is 19.8. The van der Waals surface area contributed by atoms with Crippen molar-refractivity contribution in [3.05, 3.63) is 235 Å². The van der Waals surface area contributed by atoms with Crippen LogP contribution in [-0.4, -0.2) is 9.13 Å². The minimum atomic E-state index is -0.540. The Morgan fingerprint density at radius 3 is 1.59 bits per heavy atom. The fourth-order valence-electron chi connectivity index (χ4n) is 11.9. The second-order valence-corrected chi connectivity index (χ2v) is 20.5. The normalized spacial score (nSPS) is 14.1. The number of hydrogen-bond donors (Lipinski definition) is 0. The molecule has 0 aliphatic rings. The molecule has 0 unspecified atom stereocenters. The third-order valence-electron chi connectivity index (χ3n) is 14.7. The van der Waals surface area contributed by atoms with Gasteiger partial charge in [0.2, 0.25) is 5.69 Å². The van der Waals surface area contributed by atoms with E-state index in [0.29, 0.717) is 81.8 Å². The monoisotopic (exact) mass is 983 g/mol. The maximum atomic E-state index is 12.5. The van der Waals surface area contributed by atoms with Crippen LogP contribution < -0.4 is 0 Å². The van der Waals surface area contributed by atoms with Gasteiger partial charge in [0.15, 0.2) is 0 Å². The third kappa shape index (κ3) is 5.43. The molecule has 0 amide bonds. The van der Waals surface area contributed by atoms with Gasteiger partial charge in [-0.15, -0.1) is 22.7 Å². The van der Waals surface area contributed by atoms with Crippen molar-refractivity contribution in [2.24, 2.45) is 0 Å². The number of aromatic nitrogens is 2. The minimum Gasteiger partial charge on any atom is -0.318 e. The van der Waals surface area contributed by atoms with Crippen LogP contribution >= 0.6 is 22.7 Å². The van der Waals surface area contributed by atoms with Gasteiger partial charge < -0.3 is 9.13 Å². The Hall–Kier alpha value is -9.56. The SMILES string of the molecule is [2H]c1c([2H])c([2H])c(-c2cc3c4ccccc4sc3c3c2c2ccc4c5ccccc5sc4c2n3-c2c(C#N)c(-c3ccccc3)c([N+]#[C-])c(-n3c4c([2H])c([2H])c([2H])c5c6ccccc6c6c([2H])c([2H])c([2H])c3c6c54)c2-c2ccccc2)c([2H])c1[2H]. The molecule has 0 saturated heterocycles. The van der Waals surface area contributed by atoms with Crippen LogP contribution in [-0.2, 0) is 0 Å². The van der Waals surface area contributed by atoms with Crippen molar-refractivity contribution < 1.29 is 15.1 Å². The molecule has 6 heteroatoms. The van der Waals surface area contributed by atoms with Gasteiger partial charge in [0, 0.05) is 63.6 Å². The maximum absolute atomic E-state index is 12.5. The maximum Gasteiger partial charge on any atom is 0.220 e. The van der Waals surface area contributed by atoms with Crippen molar-refractivity contribution in [2.45, 2.75) is 0 Å². The van der Waals surface area contributed by atoms with Crippen molar-refractivity contribution in [1.82, 2.24) is 9.13 Å². The molecule has 340 valence electrons. The van der Waals surface area contributed by atoms with E-state index >= 15 is 0 Å². The summed E-state index contributed by atoms with van der Waals surface area (Å²) in [6, 6.07) is 45.7. The lowest BCUT2D eigenvalue weighted by Gasteiger charge is -2.26. The first-order valence-corrected chi connectivity index (χ1v) is 25.5. The Morgan fingerprint density at radius 2 is 0.986 bits per heavy atom. The lowest BCUT2D eigenvalue weighted by molar-refractivity contribution is 1.14. The largest absolute Gasteiger partial charge is 0.318 e. The van der Waals surface area contributed by atoms with Gasteiger partial charge in [-0.3, -0.25) is 0 Å². The summed E-state index contributed by atoms with van der Waals surface area (Å²) >= 11 is 3.05. The molecule has 4 heterocycles. The second kappa shape index (κ2) is 15.5. The molecular formula is C68H36N4S2. The van der Waals surface area contributed by atoms with Gasteiger partial charge in [0.25, 0.3) is 0 Å².